The summed E-state index contributed by atoms with van der Waals surface area (Å²) in [6, 6.07) is 0. The first-order valence-corrected chi connectivity index (χ1v) is 7.83. The van der Waals surface area contributed by atoms with Crippen LogP contribution < -0.4 is 4.90 Å². The van der Waals surface area contributed by atoms with E-state index in [0.717, 1.165) is 54.4 Å². The van der Waals surface area contributed by atoms with Crippen molar-refractivity contribution < 1.29 is 4.52 Å². The van der Waals surface area contributed by atoms with Crippen molar-refractivity contribution in [1.29, 1.82) is 0 Å². The van der Waals surface area contributed by atoms with E-state index >= 15 is 0 Å². The van der Waals surface area contributed by atoms with E-state index in [1.165, 1.54) is 0 Å². The summed E-state index contributed by atoms with van der Waals surface area (Å²) in [5, 5.41) is 9.40. The Morgan fingerprint density at radius 3 is 2.87 bits per heavy atom. The standard InChI is InChI=1S/C15H19N7O/c1-9-17-14-12(7-16-21(14)3)15(18-9)22-6-4-5-11(8-22)13-19-10(2)23-20-13/h7,11H,4-6,8H2,1-3H3/t11-/m0/s1. The fraction of sp³-hybridized carbons (Fsp3) is 0.533. The van der Waals surface area contributed by atoms with E-state index in [2.05, 4.69) is 30.1 Å². The Balaban J connectivity index is 1.70. The minimum Gasteiger partial charge on any atom is -0.355 e. The Hall–Kier alpha value is -2.51. The molecule has 0 N–H and O–H groups in total. The van der Waals surface area contributed by atoms with E-state index in [4.69, 9.17) is 4.52 Å². The van der Waals surface area contributed by atoms with E-state index in [1.54, 1.807) is 4.68 Å². The Kier molecular flexibility index (Phi) is 3.24. The maximum absolute atomic E-state index is 5.13. The second kappa shape index (κ2) is 5.29. The molecule has 4 heterocycles. The van der Waals surface area contributed by atoms with Gasteiger partial charge in [0.25, 0.3) is 0 Å². The second-order valence-corrected chi connectivity index (χ2v) is 6.06. The number of piperidine rings is 1. The molecule has 0 aliphatic carbocycles. The number of aromatic nitrogens is 6. The Morgan fingerprint density at radius 1 is 1.22 bits per heavy atom. The molecular formula is C15H19N7O. The van der Waals surface area contributed by atoms with Crippen LogP contribution in [0.15, 0.2) is 10.7 Å². The molecule has 0 amide bonds. The van der Waals surface area contributed by atoms with E-state index in [9.17, 15) is 0 Å². The summed E-state index contributed by atoms with van der Waals surface area (Å²) in [6.07, 6.45) is 3.98. The number of anilines is 1. The number of aryl methyl sites for hydroxylation is 3. The van der Waals surface area contributed by atoms with Gasteiger partial charge >= 0.3 is 0 Å². The van der Waals surface area contributed by atoms with Crippen molar-refractivity contribution in [2.75, 3.05) is 18.0 Å². The van der Waals surface area contributed by atoms with Crippen LogP contribution in [0.4, 0.5) is 5.82 Å². The van der Waals surface area contributed by atoms with Crippen molar-refractivity contribution >= 4 is 16.9 Å². The zero-order chi connectivity index (χ0) is 16.0. The van der Waals surface area contributed by atoms with Crippen LogP contribution in [-0.2, 0) is 7.05 Å². The SMILES string of the molecule is Cc1nc(N2CCC[C@H](c3noc(C)n3)C2)c2cnn(C)c2n1. The molecule has 23 heavy (non-hydrogen) atoms. The molecule has 0 spiro atoms. The molecule has 0 radical (unpaired) electrons. The summed E-state index contributed by atoms with van der Waals surface area (Å²) in [6.45, 7) is 5.54. The average molecular weight is 313 g/mol. The first-order chi connectivity index (χ1) is 11.1. The molecule has 3 aromatic rings. The molecule has 1 saturated heterocycles. The lowest BCUT2D eigenvalue weighted by atomic mass is 9.97. The quantitative estimate of drug-likeness (QED) is 0.712. The van der Waals surface area contributed by atoms with E-state index in [1.807, 2.05) is 27.1 Å². The molecule has 4 rings (SSSR count). The van der Waals surface area contributed by atoms with Gasteiger partial charge in [0.2, 0.25) is 5.89 Å². The van der Waals surface area contributed by atoms with Crippen molar-refractivity contribution in [3.05, 3.63) is 23.7 Å². The topological polar surface area (TPSA) is 85.8 Å². The molecule has 1 fully saturated rings. The smallest absolute Gasteiger partial charge is 0.223 e. The van der Waals surface area contributed by atoms with Gasteiger partial charge in [-0.25, -0.2) is 9.97 Å². The predicted octanol–water partition coefficient (Wildman–Crippen LogP) is 1.75. The highest BCUT2D eigenvalue weighted by Gasteiger charge is 2.27. The second-order valence-electron chi connectivity index (χ2n) is 6.06. The highest BCUT2D eigenvalue weighted by atomic mass is 16.5. The van der Waals surface area contributed by atoms with E-state index in [0.29, 0.717) is 5.89 Å². The number of fused-ring (bicyclic) bond motifs is 1. The van der Waals surface area contributed by atoms with Crippen LogP contribution in [0.2, 0.25) is 0 Å². The van der Waals surface area contributed by atoms with Gasteiger partial charge in [0.05, 0.1) is 11.6 Å². The van der Waals surface area contributed by atoms with E-state index < -0.39 is 0 Å². The zero-order valence-corrected chi connectivity index (χ0v) is 13.5. The molecule has 0 unspecified atom stereocenters. The molecule has 120 valence electrons. The van der Waals surface area contributed by atoms with Crippen LogP contribution >= 0.6 is 0 Å². The molecule has 1 aliphatic heterocycles. The van der Waals surface area contributed by atoms with Crippen LogP contribution in [0.1, 0.15) is 36.3 Å². The van der Waals surface area contributed by atoms with Gasteiger partial charge in [0, 0.05) is 33.0 Å². The van der Waals surface area contributed by atoms with Crippen molar-refractivity contribution in [3.63, 3.8) is 0 Å². The van der Waals surface area contributed by atoms with Crippen molar-refractivity contribution in [3.8, 4) is 0 Å². The summed E-state index contributed by atoms with van der Waals surface area (Å²) in [4.78, 5) is 15.8. The molecule has 0 saturated carbocycles. The average Bonchev–Trinajstić information content (AvgIpc) is 3.14. The van der Waals surface area contributed by atoms with Gasteiger partial charge in [-0.3, -0.25) is 4.68 Å². The van der Waals surface area contributed by atoms with Gasteiger partial charge in [-0.1, -0.05) is 5.16 Å². The Labute approximate surface area is 133 Å². The lowest BCUT2D eigenvalue weighted by molar-refractivity contribution is 0.377. The van der Waals surface area contributed by atoms with Crippen LogP contribution in [-0.4, -0.2) is 43.0 Å². The van der Waals surface area contributed by atoms with Crippen molar-refractivity contribution in [1.82, 2.24) is 29.9 Å². The van der Waals surface area contributed by atoms with E-state index in [-0.39, 0.29) is 5.92 Å². The van der Waals surface area contributed by atoms with Gasteiger partial charge in [0.1, 0.15) is 11.6 Å². The largest absolute Gasteiger partial charge is 0.355 e. The number of rotatable bonds is 2. The number of hydrogen-bond acceptors (Lipinski definition) is 7. The van der Waals surface area contributed by atoms with Gasteiger partial charge < -0.3 is 9.42 Å². The fourth-order valence-corrected chi connectivity index (χ4v) is 3.22. The van der Waals surface area contributed by atoms with Gasteiger partial charge in [-0.15, -0.1) is 0 Å². The lowest BCUT2D eigenvalue weighted by Gasteiger charge is -2.32. The third-order valence-corrected chi connectivity index (χ3v) is 4.31. The number of hydrogen-bond donors (Lipinski definition) is 0. The summed E-state index contributed by atoms with van der Waals surface area (Å²) >= 11 is 0. The molecule has 3 aromatic heterocycles. The normalized spacial score (nSPS) is 18.7. The molecule has 0 aromatic carbocycles. The van der Waals surface area contributed by atoms with Crippen molar-refractivity contribution in [2.24, 2.45) is 7.05 Å². The lowest BCUT2D eigenvalue weighted by Crippen LogP contribution is -2.35. The molecule has 1 atom stereocenters. The molecule has 8 heteroatoms. The third kappa shape index (κ3) is 2.43. The van der Waals surface area contributed by atoms with Crippen LogP contribution in [0, 0.1) is 13.8 Å². The van der Waals surface area contributed by atoms with Crippen LogP contribution in [0.25, 0.3) is 11.0 Å². The number of nitrogens with zero attached hydrogens (tertiary/aromatic N) is 7. The van der Waals surface area contributed by atoms with Gasteiger partial charge in [0.15, 0.2) is 11.5 Å². The van der Waals surface area contributed by atoms with Crippen LogP contribution in [0.3, 0.4) is 0 Å². The molecule has 8 nitrogen and oxygen atoms in total. The maximum atomic E-state index is 5.13. The minimum atomic E-state index is 0.267. The maximum Gasteiger partial charge on any atom is 0.223 e. The van der Waals surface area contributed by atoms with Crippen molar-refractivity contribution in [2.45, 2.75) is 32.6 Å². The minimum absolute atomic E-state index is 0.267. The summed E-state index contributed by atoms with van der Waals surface area (Å²) < 4.78 is 6.92. The fourth-order valence-electron chi connectivity index (χ4n) is 3.22. The first-order valence-electron chi connectivity index (χ1n) is 7.83. The predicted molar refractivity (Wildman–Crippen MR) is 84.3 cm³/mol. The van der Waals surface area contributed by atoms with Gasteiger partial charge in [-0.05, 0) is 19.8 Å². The Bertz CT molecular complexity index is 853. The summed E-state index contributed by atoms with van der Waals surface area (Å²) in [5.74, 6) is 3.38. The summed E-state index contributed by atoms with van der Waals surface area (Å²) in [7, 11) is 1.90. The molecular weight excluding hydrogens is 294 g/mol. The Morgan fingerprint density at radius 2 is 2.09 bits per heavy atom. The first kappa shape index (κ1) is 14.1. The molecule has 0 bridgehead atoms. The molecule has 1 aliphatic rings. The van der Waals surface area contributed by atoms with Crippen LogP contribution in [0.5, 0.6) is 0 Å². The monoisotopic (exact) mass is 313 g/mol. The third-order valence-electron chi connectivity index (χ3n) is 4.31. The highest BCUT2D eigenvalue weighted by Crippen LogP contribution is 2.31. The zero-order valence-electron chi connectivity index (χ0n) is 13.5. The highest BCUT2D eigenvalue weighted by molar-refractivity contribution is 5.87. The summed E-state index contributed by atoms with van der Waals surface area (Å²) in [5.41, 5.74) is 0.866. The van der Waals surface area contributed by atoms with Gasteiger partial charge in [-0.2, -0.15) is 10.1 Å².